The third kappa shape index (κ3) is 3.15. The number of hydrogen-bond donors (Lipinski definition) is 2. The predicted molar refractivity (Wildman–Crippen MR) is 71.9 cm³/mol. The molecule has 98 valence electrons. The number of nitro benzene ring substituents is 1. The Morgan fingerprint density at radius 3 is 2.42 bits per heavy atom. The van der Waals surface area contributed by atoms with E-state index >= 15 is 0 Å². The third-order valence-corrected chi connectivity index (χ3v) is 3.08. The molecule has 1 atom stereocenters. The molecule has 7 heteroatoms. The first-order valence-corrected chi connectivity index (χ1v) is 6.40. The molecule has 0 aromatic heterocycles. The molecule has 2 aromatic carbocycles. The minimum absolute atomic E-state index is 0.00897. The van der Waals surface area contributed by atoms with Crippen molar-refractivity contribution in [3.8, 4) is 0 Å². The first-order valence-electron chi connectivity index (χ1n) is 5.29. The van der Waals surface area contributed by atoms with Gasteiger partial charge in [0.25, 0.3) is 5.69 Å². The van der Waals surface area contributed by atoms with E-state index < -0.39 is 16.0 Å². The van der Waals surface area contributed by atoms with E-state index in [1.54, 1.807) is 24.3 Å². The van der Waals surface area contributed by atoms with Crippen LogP contribution in [0.15, 0.2) is 53.4 Å². The van der Waals surface area contributed by atoms with Crippen LogP contribution in [0.4, 0.5) is 17.1 Å². The van der Waals surface area contributed by atoms with Gasteiger partial charge >= 0.3 is 0 Å². The fourth-order valence-corrected chi connectivity index (χ4v) is 1.95. The van der Waals surface area contributed by atoms with Gasteiger partial charge < -0.3 is 9.87 Å². The van der Waals surface area contributed by atoms with Crippen LogP contribution in [0.3, 0.4) is 0 Å². The number of nitrogens with one attached hydrogen (secondary N) is 1. The number of nitrogens with zero attached hydrogens (tertiary/aromatic N) is 1. The molecule has 0 saturated heterocycles. The van der Waals surface area contributed by atoms with Crippen molar-refractivity contribution in [2.75, 3.05) is 5.32 Å². The highest BCUT2D eigenvalue weighted by Gasteiger charge is 2.16. The van der Waals surface area contributed by atoms with Crippen molar-refractivity contribution in [3.63, 3.8) is 0 Å². The molecular formula is C12H10N2O4S. The highest BCUT2D eigenvalue weighted by Crippen LogP contribution is 2.29. The summed E-state index contributed by atoms with van der Waals surface area (Å²) in [5.74, 6) is 0. The van der Waals surface area contributed by atoms with Crippen LogP contribution in [-0.2, 0) is 11.1 Å². The van der Waals surface area contributed by atoms with Crippen LogP contribution in [0.1, 0.15) is 0 Å². The molecule has 0 aliphatic carbocycles. The summed E-state index contributed by atoms with van der Waals surface area (Å²) < 4.78 is 19.9. The van der Waals surface area contributed by atoms with Crippen LogP contribution >= 0.6 is 0 Å². The molecule has 0 amide bonds. The number of hydrogen-bond acceptors (Lipinski definition) is 4. The van der Waals surface area contributed by atoms with Gasteiger partial charge in [0.2, 0.25) is 0 Å². The van der Waals surface area contributed by atoms with Crippen LogP contribution in [0.2, 0.25) is 0 Å². The zero-order valence-corrected chi connectivity index (χ0v) is 10.5. The van der Waals surface area contributed by atoms with E-state index in [1.165, 1.54) is 12.1 Å². The molecule has 19 heavy (non-hydrogen) atoms. The van der Waals surface area contributed by atoms with Crippen molar-refractivity contribution in [3.05, 3.63) is 58.6 Å². The van der Waals surface area contributed by atoms with Crippen LogP contribution in [0, 0.1) is 10.1 Å². The lowest BCUT2D eigenvalue weighted by Crippen LogP contribution is -1.99. The maximum absolute atomic E-state index is 11.0. The maximum Gasteiger partial charge on any atom is 0.293 e. The number of nitro groups is 1. The number of rotatable bonds is 4. The molecule has 0 aliphatic rings. The minimum Gasteiger partial charge on any atom is -0.350 e. The van der Waals surface area contributed by atoms with E-state index in [-0.39, 0.29) is 16.3 Å². The van der Waals surface area contributed by atoms with E-state index in [4.69, 9.17) is 4.55 Å². The number of anilines is 2. The SMILES string of the molecule is O=[N+]([O-])c1cc(S(=O)O)ccc1Nc1ccccc1. The lowest BCUT2D eigenvalue weighted by Gasteiger charge is -2.07. The van der Waals surface area contributed by atoms with Gasteiger partial charge in [0.15, 0.2) is 11.1 Å². The lowest BCUT2D eigenvalue weighted by atomic mass is 10.2. The summed E-state index contributed by atoms with van der Waals surface area (Å²) in [5, 5.41) is 13.9. The van der Waals surface area contributed by atoms with E-state index in [0.29, 0.717) is 5.69 Å². The molecule has 2 N–H and O–H groups in total. The van der Waals surface area contributed by atoms with Gasteiger partial charge in [-0.1, -0.05) is 18.2 Å². The first-order chi connectivity index (χ1) is 9.08. The Labute approximate surface area is 111 Å². The normalized spacial score (nSPS) is 11.8. The van der Waals surface area contributed by atoms with Gasteiger partial charge in [-0.15, -0.1) is 0 Å². The summed E-state index contributed by atoms with van der Waals surface area (Å²) in [4.78, 5) is 10.4. The Kier molecular flexibility index (Phi) is 3.88. The van der Waals surface area contributed by atoms with Crippen LogP contribution in [-0.4, -0.2) is 13.7 Å². The quantitative estimate of drug-likeness (QED) is 0.509. The zero-order valence-electron chi connectivity index (χ0n) is 9.65. The largest absolute Gasteiger partial charge is 0.350 e. The Bertz CT molecular complexity index is 631. The zero-order chi connectivity index (χ0) is 13.8. The summed E-state index contributed by atoms with van der Waals surface area (Å²) in [6, 6.07) is 12.8. The molecule has 0 spiro atoms. The Morgan fingerprint density at radius 1 is 1.16 bits per heavy atom. The van der Waals surface area contributed by atoms with Gasteiger partial charge in [-0.05, 0) is 24.3 Å². The van der Waals surface area contributed by atoms with Crippen molar-refractivity contribution in [2.24, 2.45) is 0 Å². The maximum atomic E-state index is 11.0. The lowest BCUT2D eigenvalue weighted by molar-refractivity contribution is -0.384. The molecule has 0 fully saturated rings. The molecule has 6 nitrogen and oxygen atoms in total. The number of para-hydroxylation sites is 1. The summed E-state index contributed by atoms with van der Waals surface area (Å²) in [7, 11) is 0. The smallest absolute Gasteiger partial charge is 0.293 e. The monoisotopic (exact) mass is 278 g/mol. The summed E-state index contributed by atoms with van der Waals surface area (Å²) in [6.45, 7) is 0. The van der Waals surface area contributed by atoms with Gasteiger partial charge in [0.05, 0.1) is 9.82 Å². The Balaban J connectivity index is 2.40. The van der Waals surface area contributed by atoms with E-state index in [0.717, 1.165) is 6.07 Å². The van der Waals surface area contributed by atoms with Crippen LogP contribution < -0.4 is 5.32 Å². The van der Waals surface area contributed by atoms with Crippen molar-refractivity contribution >= 4 is 28.1 Å². The fourth-order valence-electron chi connectivity index (χ4n) is 1.55. The van der Waals surface area contributed by atoms with Gasteiger partial charge in [-0.3, -0.25) is 10.1 Å². The van der Waals surface area contributed by atoms with Gasteiger partial charge in [0, 0.05) is 11.8 Å². The highest BCUT2D eigenvalue weighted by atomic mass is 32.2. The van der Waals surface area contributed by atoms with Crippen LogP contribution in [0.25, 0.3) is 0 Å². The topological polar surface area (TPSA) is 92.5 Å². The van der Waals surface area contributed by atoms with E-state index in [2.05, 4.69) is 5.32 Å². The van der Waals surface area contributed by atoms with E-state index in [1.807, 2.05) is 6.07 Å². The van der Waals surface area contributed by atoms with Crippen molar-refractivity contribution in [1.82, 2.24) is 0 Å². The molecule has 0 radical (unpaired) electrons. The Hall–Kier alpha value is -2.25. The standard InChI is InChI=1S/C12H10N2O4S/c15-14(16)12-8-10(19(17)18)6-7-11(12)13-9-4-2-1-3-5-9/h1-8,13H,(H,17,18). The summed E-state index contributed by atoms with van der Waals surface area (Å²) in [6.07, 6.45) is 0. The molecule has 0 bridgehead atoms. The Morgan fingerprint density at radius 2 is 1.84 bits per heavy atom. The van der Waals surface area contributed by atoms with E-state index in [9.17, 15) is 14.3 Å². The molecular weight excluding hydrogens is 268 g/mol. The van der Waals surface area contributed by atoms with Gasteiger partial charge in [-0.2, -0.15) is 0 Å². The van der Waals surface area contributed by atoms with Crippen molar-refractivity contribution in [2.45, 2.75) is 4.90 Å². The predicted octanol–water partition coefficient (Wildman–Crippen LogP) is 2.92. The summed E-state index contributed by atoms with van der Waals surface area (Å²) >= 11 is -2.24. The van der Waals surface area contributed by atoms with Crippen molar-refractivity contribution in [1.29, 1.82) is 0 Å². The fraction of sp³-hybridized carbons (Fsp3) is 0. The summed E-state index contributed by atoms with van der Waals surface area (Å²) in [5.41, 5.74) is 0.720. The molecule has 2 rings (SSSR count). The van der Waals surface area contributed by atoms with Gasteiger partial charge in [-0.25, -0.2) is 4.21 Å². The molecule has 0 saturated carbocycles. The molecule has 2 aromatic rings. The second-order valence-corrected chi connectivity index (χ2v) is 4.65. The second-order valence-electron chi connectivity index (χ2n) is 3.68. The minimum atomic E-state index is -2.24. The molecule has 0 heterocycles. The first kappa shape index (κ1) is 13.2. The average molecular weight is 278 g/mol. The molecule has 0 aliphatic heterocycles. The number of benzene rings is 2. The molecule has 1 unspecified atom stereocenters. The second kappa shape index (κ2) is 5.59. The third-order valence-electron chi connectivity index (χ3n) is 2.42. The van der Waals surface area contributed by atoms with Gasteiger partial charge in [0.1, 0.15) is 5.69 Å². The highest BCUT2D eigenvalue weighted by molar-refractivity contribution is 7.79. The van der Waals surface area contributed by atoms with Crippen LogP contribution in [0.5, 0.6) is 0 Å². The van der Waals surface area contributed by atoms with Crippen molar-refractivity contribution < 1.29 is 13.7 Å². The average Bonchev–Trinajstić information content (AvgIpc) is 2.39.